The highest BCUT2D eigenvalue weighted by Gasteiger charge is 2.08. The molecule has 0 bridgehead atoms. The molecule has 0 spiro atoms. The number of aromatic nitrogens is 1. The number of carbonyl (C=O) groups is 1. The van der Waals surface area contributed by atoms with E-state index in [1.807, 2.05) is 6.92 Å². The van der Waals surface area contributed by atoms with Gasteiger partial charge in [-0.25, -0.2) is 0 Å². The molecule has 2 heterocycles. The highest BCUT2D eigenvalue weighted by molar-refractivity contribution is 5.91. The molecule has 1 amide bonds. The lowest BCUT2D eigenvalue weighted by molar-refractivity contribution is -0.125. The van der Waals surface area contributed by atoms with Crippen molar-refractivity contribution >= 4 is 12.0 Å². The minimum Gasteiger partial charge on any atom is -0.465 e. The van der Waals surface area contributed by atoms with Crippen molar-refractivity contribution in [2.75, 3.05) is 7.05 Å². The predicted octanol–water partition coefficient (Wildman–Crippen LogP) is 2.25. The van der Waals surface area contributed by atoms with Crippen molar-refractivity contribution in [1.82, 2.24) is 10.1 Å². The Kier molecular flexibility index (Phi) is 3.62. The molecule has 0 aliphatic rings. The summed E-state index contributed by atoms with van der Waals surface area (Å²) < 4.78 is 10.0. The van der Waals surface area contributed by atoms with Crippen molar-refractivity contribution in [2.45, 2.75) is 13.5 Å². The third-order valence-electron chi connectivity index (χ3n) is 2.39. The minimum absolute atomic E-state index is 0.118. The van der Waals surface area contributed by atoms with Crippen LogP contribution in [0, 0.1) is 6.92 Å². The van der Waals surface area contributed by atoms with E-state index >= 15 is 0 Å². The maximum atomic E-state index is 11.8. The van der Waals surface area contributed by atoms with Crippen molar-refractivity contribution in [3.63, 3.8) is 0 Å². The first kappa shape index (κ1) is 12.2. The van der Waals surface area contributed by atoms with Gasteiger partial charge < -0.3 is 13.8 Å². The van der Waals surface area contributed by atoms with Crippen molar-refractivity contribution in [3.05, 3.63) is 47.8 Å². The molecule has 5 nitrogen and oxygen atoms in total. The molecule has 2 rings (SSSR count). The molecular formula is C13H14N2O3. The van der Waals surface area contributed by atoms with Crippen LogP contribution in [0.15, 0.2) is 39.5 Å². The van der Waals surface area contributed by atoms with Gasteiger partial charge in [0.1, 0.15) is 17.2 Å². The van der Waals surface area contributed by atoms with Gasteiger partial charge in [-0.15, -0.1) is 0 Å². The van der Waals surface area contributed by atoms with E-state index in [0.717, 1.165) is 11.5 Å². The topological polar surface area (TPSA) is 59.5 Å². The molecule has 0 aromatic carbocycles. The molecule has 0 saturated heterocycles. The Hall–Kier alpha value is -2.30. The summed E-state index contributed by atoms with van der Waals surface area (Å²) >= 11 is 0. The molecule has 0 radical (unpaired) electrons. The number of carbonyl (C=O) groups excluding carboxylic acids is 1. The molecule has 0 unspecified atom stereocenters. The molecule has 0 atom stereocenters. The molecule has 94 valence electrons. The van der Waals surface area contributed by atoms with Crippen LogP contribution in [0.5, 0.6) is 0 Å². The van der Waals surface area contributed by atoms with E-state index in [4.69, 9.17) is 8.94 Å². The van der Waals surface area contributed by atoms with E-state index in [9.17, 15) is 4.79 Å². The number of furan rings is 1. The Morgan fingerprint density at radius 2 is 2.39 bits per heavy atom. The minimum atomic E-state index is -0.118. The SMILES string of the molecule is Cc1cc(CN(C)C(=O)/C=C/c2ccco2)no1. The molecule has 0 aliphatic carbocycles. The molecule has 0 fully saturated rings. The number of hydrogen-bond acceptors (Lipinski definition) is 4. The molecular weight excluding hydrogens is 232 g/mol. The zero-order valence-electron chi connectivity index (χ0n) is 10.3. The standard InChI is InChI=1S/C13H14N2O3/c1-10-8-11(14-18-10)9-15(2)13(16)6-5-12-4-3-7-17-12/h3-8H,9H2,1-2H3/b6-5+. The number of aryl methyl sites for hydroxylation is 1. The van der Waals surface area contributed by atoms with Gasteiger partial charge in [-0.05, 0) is 25.1 Å². The van der Waals surface area contributed by atoms with Crippen molar-refractivity contribution in [1.29, 1.82) is 0 Å². The van der Waals surface area contributed by atoms with Crippen LogP contribution in [-0.2, 0) is 11.3 Å². The first-order valence-corrected chi connectivity index (χ1v) is 5.54. The molecule has 0 aliphatic heterocycles. The fraction of sp³-hybridized carbons (Fsp3) is 0.231. The van der Waals surface area contributed by atoms with Crippen LogP contribution in [0.1, 0.15) is 17.2 Å². The van der Waals surface area contributed by atoms with Gasteiger partial charge in [0.15, 0.2) is 0 Å². The van der Waals surface area contributed by atoms with Gasteiger partial charge in [-0.2, -0.15) is 0 Å². The van der Waals surface area contributed by atoms with Crippen LogP contribution in [0.25, 0.3) is 6.08 Å². The molecule has 18 heavy (non-hydrogen) atoms. The van der Waals surface area contributed by atoms with E-state index in [1.165, 1.54) is 6.08 Å². The monoisotopic (exact) mass is 246 g/mol. The summed E-state index contributed by atoms with van der Waals surface area (Å²) in [5.74, 6) is 1.26. The van der Waals surface area contributed by atoms with Crippen LogP contribution in [0.3, 0.4) is 0 Å². The zero-order valence-corrected chi connectivity index (χ0v) is 10.3. The predicted molar refractivity (Wildman–Crippen MR) is 65.5 cm³/mol. The van der Waals surface area contributed by atoms with E-state index in [0.29, 0.717) is 12.3 Å². The lowest BCUT2D eigenvalue weighted by atomic mass is 10.3. The number of hydrogen-bond donors (Lipinski definition) is 0. The fourth-order valence-corrected chi connectivity index (χ4v) is 1.48. The van der Waals surface area contributed by atoms with Gasteiger partial charge >= 0.3 is 0 Å². The Bertz CT molecular complexity index is 540. The van der Waals surface area contributed by atoms with E-state index in [-0.39, 0.29) is 5.91 Å². The summed E-state index contributed by atoms with van der Waals surface area (Å²) in [6.07, 6.45) is 4.66. The average molecular weight is 246 g/mol. The number of nitrogens with zero attached hydrogens (tertiary/aromatic N) is 2. The van der Waals surface area contributed by atoms with Crippen LogP contribution < -0.4 is 0 Å². The van der Waals surface area contributed by atoms with E-state index in [1.54, 1.807) is 42.5 Å². The molecule has 0 N–H and O–H groups in total. The van der Waals surface area contributed by atoms with E-state index in [2.05, 4.69) is 5.16 Å². The Labute approximate surface area is 105 Å². The first-order chi connectivity index (χ1) is 8.65. The van der Waals surface area contributed by atoms with Gasteiger partial charge in [0.05, 0.1) is 12.8 Å². The maximum absolute atomic E-state index is 11.8. The molecule has 2 aromatic heterocycles. The second kappa shape index (κ2) is 5.35. The summed E-state index contributed by atoms with van der Waals surface area (Å²) in [5, 5.41) is 3.84. The summed E-state index contributed by atoms with van der Waals surface area (Å²) in [7, 11) is 1.71. The third kappa shape index (κ3) is 3.10. The van der Waals surface area contributed by atoms with E-state index < -0.39 is 0 Å². The normalized spacial score (nSPS) is 11.0. The van der Waals surface area contributed by atoms with Gasteiger partial charge in [-0.3, -0.25) is 4.79 Å². The third-order valence-corrected chi connectivity index (χ3v) is 2.39. The highest BCUT2D eigenvalue weighted by Crippen LogP contribution is 2.06. The number of rotatable bonds is 4. The fourth-order valence-electron chi connectivity index (χ4n) is 1.48. The van der Waals surface area contributed by atoms with Crippen LogP contribution in [0.2, 0.25) is 0 Å². The number of amides is 1. The van der Waals surface area contributed by atoms with Crippen molar-refractivity contribution in [2.24, 2.45) is 0 Å². The zero-order chi connectivity index (χ0) is 13.0. The second-order valence-electron chi connectivity index (χ2n) is 3.97. The molecule has 5 heteroatoms. The van der Waals surface area contributed by atoms with Crippen LogP contribution in [0.4, 0.5) is 0 Å². The first-order valence-electron chi connectivity index (χ1n) is 5.54. The summed E-state index contributed by atoms with van der Waals surface area (Å²) in [6.45, 7) is 2.23. The summed E-state index contributed by atoms with van der Waals surface area (Å²) in [4.78, 5) is 13.3. The van der Waals surface area contributed by atoms with Gasteiger partial charge in [0, 0.05) is 19.2 Å². The lowest BCUT2D eigenvalue weighted by Gasteiger charge is -2.12. The summed E-state index contributed by atoms with van der Waals surface area (Å²) in [6, 6.07) is 5.36. The number of likely N-dealkylation sites (N-methyl/N-ethyl adjacent to an activating group) is 1. The summed E-state index contributed by atoms with van der Waals surface area (Å²) in [5.41, 5.74) is 0.731. The largest absolute Gasteiger partial charge is 0.465 e. The average Bonchev–Trinajstić information content (AvgIpc) is 2.97. The maximum Gasteiger partial charge on any atom is 0.246 e. The van der Waals surface area contributed by atoms with Gasteiger partial charge in [0.25, 0.3) is 0 Å². The lowest BCUT2D eigenvalue weighted by Crippen LogP contribution is -2.24. The Morgan fingerprint density at radius 1 is 1.56 bits per heavy atom. The molecule has 0 saturated carbocycles. The van der Waals surface area contributed by atoms with Gasteiger partial charge in [0.2, 0.25) is 5.91 Å². The van der Waals surface area contributed by atoms with Crippen molar-refractivity contribution in [3.8, 4) is 0 Å². The second-order valence-corrected chi connectivity index (χ2v) is 3.97. The van der Waals surface area contributed by atoms with Gasteiger partial charge in [-0.1, -0.05) is 5.16 Å². The van der Waals surface area contributed by atoms with Crippen molar-refractivity contribution < 1.29 is 13.7 Å². The quantitative estimate of drug-likeness (QED) is 0.776. The Morgan fingerprint density at radius 3 is 3.00 bits per heavy atom. The van der Waals surface area contributed by atoms with Crippen LogP contribution >= 0.6 is 0 Å². The Balaban J connectivity index is 1.92. The van der Waals surface area contributed by atoms with Crippen LogP contribution in [-0.4, -0.2) is 23.0 Å². The highest BCUT2D eigenvalue weighted by atomic mass is 16.5. The smallest absolute Gasteiger partial charge is 0.246 e. The molecule has 2 aromatic rings.